The summed E-state index contributed by atoms with van der Waals surface area (Å²) in [5, 5.41) is 2.92. The number of nitrogens with zero attached hydrogens (tertiary/aromatic N) is 3. The zero-order chi connectivity index (χ0) is 23.6. The largest absolute Gasteiger partial charge is 0.350 e. The number of aryl methyl sites for hydroxylation is 2. The number of imidazole rings is 1. The fourth-order valence-corrected chi connectivity index (χ4v) is 5.78. The number of sulfonamides is 1. The van der Waals surface area contributed by atoms with Crippen molar-refractivity contribution in [3.63, 3.8) is 0 Å². The molecule has 1 fully saturated rings. The van der Waals surface area contributed by atoms with E-state index in [1.165, 1.54) is 12.1 Å². The molecule has 0 spiro atoms. The third-order valence-electron chi connectivity index (χ3n) is 6.22. The fourth-order valence-electron chi connectivity index (χ4n) is 4.24. The minimum atomic E-state index is -3.53. The van der Waals surface area contributed by atoms with E-state index in [0.717, 1.165) is 30.3 Å². The van der Waals surface area contributed by atoms with Gasteiger partial charge >= 0.3 is 0 Å². The minimum absolute atomic E-state index is 0.132. The first-order chi connectivity index (χ1) is 15.8. The van der Waals surface area contributed by atoms with Crippen LogP contribution in [0.15, 0.2) is 47.4 Å². The second kappa shape index (κ2) is 9.61. The molecule has 33 heavy (non-hydrogen) atoms. The van der Waals surface area contributed by atoms with Crippen LogP contribution in [-0.4, -0.2) is 41.3 Å². The highest BCUT2D eigenvalue weighted by atomic mass is 32.2. The van der Waals surface area contributed by atoms with Gasteiger partial charge in [-0.05, 0) is 55.7 Å². The lowest BCUT2D eigenvalue weighted by molar-refractivity contribution is -0.121. The van der Waals surface area contributed by atoms with Gasteiger partial charge in [0.05, 0.1) is 22.0 Å². The van der Waals surface area contributed by atoms with Gasteiger partial charge in [-0.3, -0.25) is 4.79 Å². The van der Waals surface area contributed by atoms with Gasteiger partial charge in [-0.15, -0.1) is 0 Å². The van der Waals surface area contributed by atoms with E-state index in [1.807, 2.05) is 18.5 Å². The fraction of sp³-hybridized carbons (Fsp3) is 0.417. The number of carbonyl (C=O) groups excluding carboxylic acids is 1. The molecule has 0 saturated carbocycles. The Morgan fingerprint density at radius 2 is 1.82 bits per heavy atom. The number of rotatable bonds is 7. The summed E-state index contributed by atoms with van der Waals surface area (Å²) in [4.78, 5) is 17.3. The summed E-state index contributed by atoms with van der Waals surface area (Å²) in [5.41, 5.74) is 2.25. The third kappa shape index (κ3) is 5.09. The second-order valence-corrected chi connectivity index (χ2v) is 10.5. The van der Waals surface area contributed by atoms with Crippen molar-refractivity contribution in [2.45, 2.75) is 50.0 Å². The molecule has 1 aliphatic rings. The van der Waals surface area contributed by atoms with Crippen LogP contribution in [0.2, 0.25) is 0 Å². The number of nitrogens with one attached hydrogen (secondary N) is 1. The van der Waals surface area contributed by atoms with E-state index in [0.29, 0.717) is 30.9 Å². The standard InChI is InChI=1S/C24H29FN4O3S/c1-17(18-6-8-19(25)9-7-18)26-24(30)13-12-23-27-21-16-20(10-11-22(21)28(23)2)33(31,32)29-14-4-3-5-15-29/h6-11,16-17H,3-5,12-15H2,1-2H3,(H,26,30). The van der Waals surface area contributed by atoms with Gasteiger partial charge in [0.25, 0.3) is 0 Å². The zero-order valence-electron chi connectivity index (χ0n) is 18.9. The first-order valence-electron chi connectivity index (χ1n) is 11.3. The Morgan fingerprint density at radius 1 is 1.12 bits per heavy atom. The number of fused-ring (bicyclic) bond motifs is 1. The topological polar surface area (TPSA) is 84.3 Å². The Hall–Kier alpha value is -2.78. The number of amides is 1. The number of halogens is 1. The summed E-state index contributed by atoms with van der Waals surface area (Å²) in [6.07, 6.45) is 3.49. The van der Waals surface area contributed by atoms with Gasteiger partial charge in [-0.25, -0.2) is 17.8 Å². The molecule has 2 aromatic carbocycles. The molecule has 1 unspecified atom stereocenters. The van der Waals surface area contributed by atoms with Gasteiger partial charge in [-0.1, -0.05) is 18.6 Å². The molecular weight excluding hydrogens is 443 g/mol. The molecule has 1 amide bonds. The van der Waals surface area contributed by atoms with Crippen molar-refractivity contribution >= 4 is 27.0 Å². The first kappa shape index (κ1) is 23.4. The molecule has 3 aromatic rings. The number of benzene rings is 2. The van der Waals surface area contributed by atoms with E-state index >= 15 is 0 Å². The van der Waals surface area contributed by atoms with Crippen molar-refractivity contribution in [1.82, 2.24) is 19.2 Å². The zero-order valence-corrected chi connectivity index (χ0v) is 19.7. The average Bonchev–Trinajstić information content (AvgIpc) is 3.13. The van der Waals surface area contributed by atoms with Crippen molar-refractivity contribution in [2.24, 2.45) is 7.05 Å². The molecule has 0 bridgehead atoms. The van der Waals surface area contributed by atoms with Crippen molar-refractivity contribution in [3.8, 4) is 0 Å². The predicted octanol–water partition coefficient (Wildman–Crippen LogP) is 3.70. The predicted molar refractivity (Wildman–Crippen MR) is 125 cm³/mol. The average molecular weight is 473 g/mol. The Morgan fingerprint density at radius 3 is 2.52 bits per heavy atom. The van der Waals surface area contributed by atoms with Crippen LogP contribution >= 0.6 is 0 Å². The number of piperidine rings is 1. The maximum absolute atomic E-state index is 13.1. The van der Waals surface area contributed by atoms with E-state index in [9.17, 15) is 17.6 Å². The van der Waals surface area contributed by atoms with Crippen LogP contribution in [0, 0.1) is 5.82 Å². The van der Waals surface area contributed by atoms with Gasteiger partial charge in [-0.2, -0.15) is 4.31 Å². The highest BCUT2D eigenvalue weighted by Gasteiger charge is 2.26. The Kier molecular flexibility index (Phi) is 6.81. The minimum Gasteiger partial charge on any atom is -0.350 e. The van der Waals surface area contributed by atoms with Crippen LogP contribution < -0.4 is 5.32 Å². The molecule has 0 radical (unpaired) electrons. The molecule has 9 heteroatoms. The number of aromatic nitrogens is 2. The van der Waals surface area contributed by atoms with Gasteiger partial charge < -0.3 is 9.88 Å². The van der Waals surface area contributed by atoms with Crippen LogP contribution in [0.5, 0.6) is 0 Å². The normalized spacial score (nSPS) is 16.1. The smallest absolute Gasteiger partial charge is 0.243 e. The molecule has 1 aromatic heterocycles. The van der Waals surface area contributed by atoms with Crippen LogP contribution in [0.3, 0.4) is 0 Å². The molecule has 176 valence electrons. The van der Waals surface area contributed by atoms with Crippen molar-refractivity contribution in [1.29, 1.82) is 0 Å². The molecule has 1 aliphatic heterocycles. The van der Waals surface area contributed by atoms with E-state index in [2.05, 4.69) is 10.3 Å². The Bertz CT molecular complexity index is 1250. The van der Waals surface area contributed by atoms with Crippen LogP contribution in [0.4, 0.5) is 4.39 Å². The monoisotopic (exact) mass is 472 g/mol. The lowest BCUT2D eigenvalue weighted by Crippen LogP contribution is -2.35. The van der Waals surface area contributed by atoms with E-state index in [4.69, 9.17) is 0 Å². The van der Waals surface area contributed by atoms with E-state index in [-0.39, 0.29) is 29.1 Å². The molecule has 4 rings (SSSR count). The number of hydrogen-bond acceptors (Lipinski definition) is 4. The van der Waals surface area contributed by atoms with Gasteiger partial charge in [0.15, 0.2) is 0 Å². The molecule has 7 nitrogen and oxygen atoms in total. The Balaban J connectivity index is 1.44. The van der Waals surface area contributed by atoms with Crippen molar-refractivity contribution < 1.29 is 17.6 Å². The van der Waals surface area contributed by atoms with Gasteiger partial charge in [0.1, 0.15) is 11.6 Å². The summed E-state index contributed by atoms with van der Waals surface area (Å²) >= 11 is 0. The van der Waals surface area contributed by atoms with Crippen LogP contribution in [0.1, 0.15) is 50.0 Å². The van der Waals surface area contributed by atoms with Crippen molar-refractivity contribution in [3.05, 3.63) is 59.7 Å². The Labute approximate surface area is 193 Å². The summed E-state index contributed by atoms with van der Waals surface area (Å²) in [5.74, 6) is 0.264. The van der Waals surface area contributed by atoms with E-state index < -0.39 is 10.0 Å². The summed E-state index contributed by atoms with van der Waals surface area (Å²) in [7, 11) is -1.67. The lowest BCUT2D eigenvalue weighted by atomic mass is 10.1. The number of carbonyl (C=O) groups is 1. The molecule has 1 atom stereocenters. The maximum atomic E-state index is 13.1. The molecule has 0 aliphatic carbocycles. The van der Waals surface area contributed by atoms with Crippen LogP contribution in [-0.2, 0) is 28.3 Å². The quantitative estimate of drug-likeness (QED) is 0.568. The SMILES string of the molecule is CC(NC(=O)CCc1nc2cc(S(=O)(=O)N3CCCCC3)ccc2n1C)c1ccc(F)cc1. The van der Waals surface area contributed by atoms with Crippen LogP contribution in [0.25, 0.3) is 11.0 Å². The van der Waals surface area contributed by atoms with Gasteiger partial charge in [0, 0.05) is 33.0 Å². The lowest BCUT2D eigenvalue weighted by Gasteiger charge is -2.25. The highest BCUT2D eigenvalue weighted by molar-refractivity contribution is 7.89. The third-order valence-corrected chi connectivity index (χ3v) is 8.12. The summed E-state index contributed by atoms with van der Waals surface area (Å²) < 4.78 is 42.5. The molecule has 1 N–H and O–H groups in total. The first-order valence-corrected chi connectivity index (χ1v) is 12.7. The van der Waals surface area contributed by atoms with Crippen molar-refractivity contribution in [2.75, 3.05) is 13.1 Å². The second-order valence-electron chi connectivity index (χ2n) is 8.54. The molecule has 2 heterocycles. The summed E-state index contributed by atoms with van der Waals surface area (Å²) in [6, 6.07) is 10.9. The molecule has 1 saturated heterocycles. The van der Waals surface area contributed by atoms with E-state index in [1.54, 1.807) is 34.6 Å². The highest BCUT2D eigenvalue weighted by Crippen LogP contribution is 2.25. The maximum Gasteiger partial charge on any atom is 0.243 e. The number of hydrogen-bond donors (Lipinski definition) is 1. The summed E-state index contributed by atoms with van der Waals surface area (Å²) in [6.45, 7) is 2.96. The molecular formula is C24H29FN4O3S. The van der Waals surface area contributed by atoms with Gasteiger partial charge in [0.2, 0.25) is 15.9 Å².